The molecule has 116 valence electrons. The summed E-state index contributed by atoms with van der Waals surface area (Å²) in [6.07, 6.45) is 3.46. The normalized spacial score (nSPS) is 16.6. The van der Waals surface area contributed by atoms with E-state index in [1.807, 2.05) is 24.9 Å². The van der Waals surface area contributed by atoms with E-state index in [0.717, 1.165) is 37.2 Å². The molecule has 4 nitrogen and oxygen atoms in total. The van der Waals surface area contributed by atoms with E-state index in [1.54, 1.807) is 0 Å². The Hall–Kier alpha value is -1.55. The van der Waals surface area contributed by atoms with Gasteiger partial charge in [-0.1, -0.05) is 12.1 Å². The number of ether oxygens (including phenoxy) is 1. The van der Waals surface area contributed by atoms with E-state index in [4.69, 9.17) is 4.74 Å². The van der Waals surface area contributed by atoms with Gasteiger partial charge in [-0.2, -0.15) is 0 Å². The predicted octanol–water partition coefficient (Wildman–Crippen LogP) is 2.67. The summed E-state index contributed by atoms with van der Waals surface area (Å²) in [7, 11) is 1.95. The smallest absolute Gasteiger partial charge is 0.260 e. The van der Waals surface area contributed by atoms with E-state index in [-0.39, 0.29) is 12.5 Å². The first kappa shape index (κ1) is 15.8. The van der Waals surface area contributed by atoms with Crippen LogP contribution in [-0.2, 0) is 4.79 Å². The van der Waals surface area contributed by atoms with Crippen LogP contribution >= 0.6 is 0 Å². The minimum Gasteiger partial charge on any atom is -0.484 e. The average Bonchev–Trinajstić information content (AvgIpc) is 2.53. The van der Waals surface area contributed by atoms with Crippen LogP contribution in [0.1, 0.15) is 43.4 Å². The molecule has 4 heteroatoms. The van der Waals surface area contributed by atoms with Gasteiger partial charge >= 0.3 is 0 Å². The number of hydrogen-bond donors (Lipinski definition) is 1. The van der Waals surface area contributed by atoms with Gasteiger partial charge in [0, 0.05) is 19.1 Å². The molecule has 21 heavy (non-hydrogen) atoms. The highest BCUT2D eigenvalue weighted by molar-refractivity contribution is 5.77. The topological polar surface area (TPSA) is 41.6 Å². The van der Waals surface area contributed by atoms with Crippen LogP contribution in [0.2, 0.25) is 0 Å². The van der Waals surface area contributed by atoms with Crippen LogP contribution in [0.3, 0.4) is 0 Å². The summed E-state index contributed by atoms with van der Waals surface area (Å²) < 4.78 is 5.71. The molecule has 0 aromatic heterocycles. The SMILES string of the molecule is CNC(C)c1ccc(OCC(=O)N2CCCCC2)c(C)c1. The van der Waals surface area contributed by atoms with E-state index in [1.165, 1.54) is 12.0 Å². The number of nitrogens with zero attached hydrogens (tertiary/aromatic N) is 1. The Labute approximate surface area is 127 Å². The van der Waals surface area contributed by atoms with Crippen molar-refractivity contribution in [3.05, 3.63) is 29.3 Å². The number of nitrogens with one attached hydrogen (secondary N) is 1. The summed E-state index contributed by atoms with van der Waals surface area (Å²) in [5, 5.41) is 3.22. The van der Waals surface area contributed by atoms with Gasteiger partial charge in [0.1, 0.15) is 5.75 Å². The maximum atomic E-state index is 12.1. The molecule has 0 bridgehead atoms. The van der Waals surface area contributed by atoms with Crippen molar-refractivity contribution in [3.63, 3.8) is 0 Å². The molecule has 1 N–H and O–H groups in total. The highest BCUT2D eigenvalue weighted by Crippen LogP contribution is 2.22. The minimum atomic E-state index is 0.0989. The summed E-state index contributed by atoms with van der Waals surface area (Å²) >= 11 is 0. The maximum Gasteiger partial charge on any atom is 0.260 e. The van der Waals surface area contributed by atoms with Crippen LogP contribution in [0.15, 0.2) is 18.2 Å². The van der Waals surface area contributed by atoms with Gasteiger partial charge < -0.3 is 15.0 Å². The van der Waals surface area contributed by atoms with Gasteiger partial charge in [-0.3, -0.25) is 4.79 Å². The van der Waals surface area contributed by atoms with Crippen molar-refractivity contribution in [3.8, 4) is 5.75 Å². The monoisotopic (exact) mass is 290 g/mol. The Bertz CT molecular complexity index is 482. The molecule has 0 spiro atoms. The lowest BCUT2D eigenvalue weighted by atomic mass is 10.1. The number of rotatable bonds is 5. The summed E-state index contributed by atoms with van der Waals surface area (Å²) in [6, 6.07) is 6.44. The molecule has 1 aromatic rings. The highest BCUT2D eigenvalue weighted by atomic mass is 16.5. The van der Waals surface area contributed by atoms with Crippen molar-refractivity contribution < 1.29 is 9.53 Å². The lowest BCUT2D eigenvalue weighted by Gasteiger charge is -2.26. The van der Waals surface area contributed by atoms with Crippen molar-refractivity contribution in [2.24, 2.45) is 0 Å². The quantitative estimate of drug-likeness (QED) is 0.906. The summed E-state index contributed by atoms with van der Waals surface area (Å²) in [5.41, 5.74) is 2.30. The molecule has 1 aliphatic heterocycles. The molecule has 1 amide bonds. The second-order valence-corrected chi connectivity index (χ2v) is 5.77. The number of carbonyl (C=O) groups is 1. The van der Waals surface area contributed by atoms with Crippen LogP contribution in [0.4, 0.5) is 0 Å². The number of aryl methyl sites for hydroxylation is 1. The molecular formula is C17H26N2O2. The lowest BCUT2D eigenvalue weighted by molar-refractivity contribution is -0.134. The lowest BCUT2D eigenvalue weighted by Crippen LogP contribution is -2.38. The molecule has 1 fully saturated rings. The van der Waals surface area contributed by atoms with Gasteiger partial charge in [0.15, 0.2) is 6.61 Å². The fourth-order valence-electron chi connectivity index (χ4n) is 2.64. The first-order valence-corrected chi connectivity index (χ1v) is 7.80. The van der Waals surface area contributed by atoms with Gasteiger partial charge in [0.05, 0.1) is 0 Å². The van der Waals surface area contributed by atoms with Crippen LogP contribution in [0, 0.1) is 6.92 Å². The molecule has 0 aliphatic carbocycles. The second kappa shape index (κ2) is 7.46. The van der Waals surface area contributed by atoms with E-state index < -0.39 is 0 Å². The zero-order valence-corrected chi connectivity index (χ0v) is 13.3. The minimum absolute atomic E-state index is 0.0989. The summed E-state index contributed by atoms with van der Waals surface area (Å²) in [6.45, 7) is 6.03. The van der Waals surface area contributed by atoms with Crippen molar-refractivity contribution in [1.29, 1.82) is 0 Å². The number of carbonyl (C=O) groups excluding carboxylic acids is 1. The zero-order chi connectivity index (χ0) is 15.2. The molecule has 0 radical (unpaired) electrons. The number of hydrogen-bond acceptors (Lipinski definition) is 3. The van der Waals surface area contributed by atoms with E-state index >= 15 is 0 Å². The third kappa shape index (κ3) is 4.21. The second-order valence-electron chi connectivity index (χ2n) is 5.77. The summed E-state index contributed by atoms with van der Waals surface area (Å²) in [5.74, 6) is 0.897. The zero-order valence-electron chi connectivity index (χ0n) is 13.3. The van der Waals surface area contributed by atoms with Gasteiger partial charge in [-0.15, -0.1) is 0 Å². The summed E-state index contributed by atoms with van der Waals surface area (Å²) in [4.78, 5) is 14.0. The molecular weight excluding hydrogens is 264 g/mol. The molecule has 1 heterocycles. The third-order valence-electron chi connectivity index (χ3n) is 4.19. The van der Waals surface area contributed by atoms with Crippen LogP contribution in [-0.4, -0.2) is 37.6 Å². The largest absolute Gasteiger partial charge is 0.484 e. The molecule has 2 rings (SSSR count). The molecule has 1 aliphatic rings. The molecule has 1 saturated heterocycles. The Kier molecular flexibility index (Phi) is 5.62. The van der Waals surface area contributed by atoms with Crippen molar-refractivity contribution in [2.45, 2.75) is 39.2 Å². The van der Waals surface area contributed by atoms with Crippen molar-refractivity contribution >= 4 is 5.91 Å². The Morgan fingerprint density at radius 2 is 2.05 bits per heavy atom. The Morgan fingerprint density at radius 1 is 1.33 bits per heavy atom. The molecule has 0 saturated carbocycles. The number of benzene rings is 1. The standard InChI is InChI=1S/C17H26N2O2/c1-13-11-15(14(2)18-3)7-8-16(13)21-12-17(20)19-9-5-4-6-10-19/h7-8,11,14,18H,4-6,9-10,12H2,1-3H3. The molecule has 1 aromatic carbocycles. The molecule has 1 unspecified atom stereocenters. The fourth-order valence-corrected chi connectivity index (χ4v) is 2.64. The van der Waals surface area contributed by atoms with Gasteiger partial charge in [-0.05, 0) is 57.4 Å². The molecule has 1 atom stereocenters. The van der Waals surface area contributed by atoms with E-state index in [0.29, 0.717) is 6.04 Å². The number of piperidine rings is 1. The van der Waals surface area contributed by atoms with Gasteiger partial charge in [0.25, 0.3) is 5.91 Å². The Morgan fingerprint density at radius 3 is 2.67 bits per heavy atom. The first-order chi connectivity index (χ1) is 10.1. The van der Waals surface area contributed by atoms with Crippen molar-refractivity contribution in [1.82, 2.24) is 10.2 Å². The maximum absolute atomic E-state index is 12.1. The van der Waals surface area contributed by atoms with Gasteiger partial charge in [-0.25, -0.2) is 0 Å². The first-order valence-electron chi connectivity index (χ1n) is 7.80. The van der Waals surface area contributed by atoms with Crippen LogP contribution in [0.5, 0.6) is 5.75 Å². The fraction of sp³-hybridized carbons (Fsp3) is 0.588. The highest BCUT2D eigenvalue weighted by Gasteiger charge is 2.17. The van der Waals surface area contributed by atoms with E-state index in [9.17, 15) is 4.79 Å². The predicted molar refractivity (Wildman–Crippen MR) is 84.6 cm³/mol. The number of likely N-dealkylation sites (tertiary alicyclic amines) is 1. The van der Waals surface area contributed by atoms with Crippen LogP contribution < -0.4 is 10.1 Å². The van der Waals surface area contributed by atoms with Crippen LogP contribution in [0.25, 0.3) is 0 Å². The number of amides is 1. The van der Waals surface area contributed by atoms with Gasteiger partial charge in [0.2, 0.25) is 0 Å². The van der Waals surface area contributed by atoms with Crippen molar-refractivity contribution in [2.75, 3.05) is 26.7 Å². The Balaban J connectivity index is 1.92. The average molecular weight is 290 g/mol. The third-order valence-corrected chi connectivity index (χ3v) is 4.19. The van der Waals surface area contributed by atoms with E-state index in [2.05, 4.69) is 24.4 Å².